The summed E-state index contributed by atoms with van der Waals surface area (Å²) in [6.45, 7) is 3.31. The highest BCUT2D eigenvalue weighted by Crippen LogP contribution is 2.18. The van der Waals surface area contributed by atoms with Crippen LogP contribution in [0.25, 0.3) is 11.3 Å². The Bertz CT molecular complexity index is 496. The van der Waals surface area contributed by atoms with E-state index in [9.17, 15) is 0 Å². The van der Waals surface area contributed by atoms with Gasteiger partial charge in [0.25, 0.3) is 0 Å². The second-order valence-electron chi connectivity index (χ2n) is 3.85. The summed E-state index contributed by atoms with van der Waals surface area (Å²) in [5.41, 5.74) is 8.67. The van der Waals surface area contributed by atoms with Gasteiger partial charge in [-0.2, -0.15) is 0 Å². The predicted molar refractivity (Wildman–Crippen MR) is 69.7 cm³/mol. The lowest BCUT2D eigenvalue weighted by atomic mass is 10.1. The maximum Gasteiger partial charge on any atom is 0.223 e. The Morgan fingerprint density at radius 2 is 2.18 bits per heavy atom. The van der Waals surface area contributed by atoms with Crippen molar-refractivity contribution in [1.29, 1.82) is 0 Å². The normalized spacial score (nSPS) is 10.2. The Hall–Kier alpha value is -1.94. The molecule has 0 unspecified atom stereocenters. The Morgan fingerprint density at radius 1 is 1.29 bits per heavy atom. The zero-order chi connectivity index (χ0) is 12.1. The number of hydrogen-bond acceptors (Lipinski definition) is 4. The molecule has 17 heavy (non-hydrogen) atoms. The molecule has 1 aromatic carbocycles. The first-order valence-corrected chi connectivity index (χ1v) is 5.63. The predicted octanol–water partition coefficient (Wildman–Crippen LogP) is 1.82. The van der Waals surface area contributed by atoms with E-state index >= 15 is 0 Å². The zero-order valence-electron chi connectivity index (χ0n) is 9.85. The van der Waals surface area contributed by atoms with Crippen LogP contribution in [0.15, 0.2) is 36.5 Å². The molecular formula is C13H16N4. The molecule has 4 heteroatoms. The van der Waals surface area contributed by atoms with E-state index in [2.05, 4.69) is 34.3 Å². The molecule has 0 bridgehead atoms. The minimum Gasteiger partial charge on any atom is -0.353 e. The summed E-state index contributed by atoms with van der Waals surface area (Å²) >= 11 is 0. The molecule has 0 aliphatic heterocycles. The van der Waals surface area contributed by atoms with Gasteiger partial charge in [-0.15, -0.1) is 0 Å². The second kappa shape index (κ2) is 5.41. The third-order valence-electron chi connectivity index (χ3n) is 2.40. The monoisotopic (exact) mass is 228 g/mol. The van der Waals surface area contributed by atoms with Crippen LogP contribution < -0.4 is 11.1 Å². The molecule has 1 heterocycles. The number of rotatable bonds is 4. The fourth-order valence-electron chi connectivity index (χ4n) is 1.59. The molecule has 2 aromatic rings. The van der Waals surface area contributed by atoms with Crippen molar-refractivity contribution in [1.82, 2.24) is 9.97 Å². The van der Waals surface area contributed by atoms with Crippen LogP contribution in [0.2, 0.25) is 0 Å². The molecule has 1 aromatic heterocycles. The maximum absolute atomic E-state index is 5.43. The van der Waals surface area contributed by atoms with Crippen LogP contribution in [0.1, 0.15) is 5.56 Å². The Balaban J connectivity index is 2.26. The lowest BCUT2D eigenvalue weighted by molar-refractivity contribution is 0.990. The molecule has 2 rings (SSSR count). The summed E-state index contributed by atoms with van der Waals surface area (Å²) in [5, 5.41) is 3.07. The largest absolute Gasteiger partial charge is 0.353 e. The van der Waals surface area contributed by atoms with Crippen molar-refractivity contribution in [3.05, 3.63) is 42.1 Å². The molecule has 0 radical (unpaired) electrons. The van der Waals surface area contributed by atoms with Gasteiger partial charge in [0.05, 0.1) is 5.69 Å². The van der Waals surface area contributed by atoms with Crippen LogP contribution in [-0.4, -0.2) is 23.1 Å². The van der Waals surface area contributed by atoms with Gasteiger partial charge >= 0.3 is 0 Å². The van der Waals surface area contributed by atoms with E-state index in [4.69, 9.17) is 5.73 Å². The van der Waals surface area contributed by atoms with Crippen molar-refractivity contribution < 1.29 is 0 Å². The van der Waals surface area contributed by atoms with E-state index < -0.39 is 0 Å². The summed E-state index contributed by atoms with van der Waals surface area (Å²) in [4.78, 5) is 8.59. The van der Waals surface area contributed by atoms with Gasteiger partial charge < -0.3 is 11.1 Å². The summed E-state index contributed by atoms with van der Waals surface area (Å²) in [6.07, 6.45) is 1.75. The molecule has 0 atom stereocenters. The molecule has 0 spiro atoms. The molecule has 3 N–H and O–H groups in total. The average molecular weight is 228 g/mol. The number of nitrogens with two attached hydrogens (primary N) is 1. The minimum atomic E-state index is 0.567. The molecule has 0 aliphatic rings. The molecule has 4 nitrogen and oxygen atoms in total. The van der Waals surface area contributed by atoms with Gasteiger partial charge in [0.15, 0.2) is 0 Å². The fraction of sp³-hybridized carbons (Fsp3) is 0.231. The Labute approximate surface area is 101 Å². The van der Waals surface area contributed by atoms with Crippen LogP contribution in [0.3, 0.4) is 0 Å². The summed E-state index contributed by atoms with van der Waals surface area (Å²) in [7, 11) is 0. The van der Waals surface area contributed by atoms with Gasteiger partial charge in [-0.25, -0.2) is 9.97 Å². The molecule has 0 aliphatic carbocycles. The first-order valence-electron chi connectivity index (χ1n) is 5.63. The third-order valence-corrected chi connectivity index (χ3v) is 2.40. The lowest BCUT2D eigenvalue weighted by Gasteiger charge is -2.05. The van der Waals surface area contributed by atoms with E-state index in [-0.39, 0.29) is 0 Å². The van der Waals surface area contributed by atoms with E-state index in [1.165, 1.54) is 5.56 Å². The summed E-state index contributed by atoms with van der Waals surface area (Å²) in [5.74, 6) is 0.620. The van der Waals surface area contributed by atoms with Crippen molar-refractivity contribution in [2.24, 2.45) is 5.73 Å². The van der Waals surface area contributed by atoms with Gasteiger partial charge in [0, 0.05) is 24.8 Å². The van der Waals surface area contributed by atoms with Gasteiger partial charge in [-0.3, -0.25) is 0 Å². The molecule has 0 amide bonds. The Kier molecular flexibility index (Phi) is 3.67. The maximum atomic E-state index is 5.43. The summed E-state index contributed by atoms with van der Waals surface area (Å²) < 4.78 is 0. The van der Waals surface area contributed by atoms with Gasteiger partial charge in [0.1, 0.15) is 0 Å². The highest BCUT2D eigenvalue weighted by atomic mass is 15.1. The van der Waals surface area contributed by atoms with E-state index in [1.54, 1.807) is 6.20 Å². The number of aromatic nitrogens is 2. The number of aryl methyl sites for hydroxylation is 1. The number of benzene rings is 1. The topological polar surface area (TPSA) is 63.8 Å². The molecule has 88 valence electrons. The molecular weight excluding hydrogens is 212 g/mol. The Morgan fingerprint density at radius 3 is 2.94 bits per heavy atom. The fourth-order valence-corrected chi connectivity index (χ4v) is 1.59. The zero-order valence-corrected chi connectivity index (χ0v) is 9.85. The smallest absolute Gasteiger partial charge is 0.223 e. The van der Waals surface area contributed by atoms with Crippen LogP contribution in [0.5, 0.6) is 0 Å². The molecule has 0 fully saturated rings. The van der Waals surface area contributed by atoms with Crippen LogP contribution in [0, 0.1) is 6.92 Å². The van der Waals surface area contributed by atoms with Gasteiger partial charge in [0.2, 0.25) is 5.95 Å². The van der Waals surface area contributed by atoms with Gasteiger partial charge in [-0.05, 0) is 19.1 Å². The first kappa shape index (κ1) is 11.5. The molecule has 0 saturated carbocycles. The first-order chi connectivity index (χ1) is 8.29. The standard InChI is InChI=1S/C13H16N4/c1-10-3-2-4-11(9-10)12-5-7-15-13(17-12)16-8-6-14/h2-5,7,9H,6,8,14H2,1H3,(H,15,16,17). The van der Waals surface area contributed by atoms with Crippen LogP contribution in [-0.2, 0) is 0 Å². The second-order valence-corrected chi connectivity index (χ2v) is 3.85. The van der Waals surface area contributed by atoms with Crippen molar-refractivity contribution >= 4 is 5.95 Å². The minimum absolute atomic E-state index is 0.567. The highest BCUT2D eigenvalue weighted by molar-refractivity contribution is 5.60. The van der Waals surface area contributed by atoms with E-state index in [0.29, 0.717) is 19.0 Å². The van der Waals surface area contributed by atoms with Crippen molar-refractivity contribution in [3.8, 4) is 11.3 Å². The molecule has 0 saturated heterocycles. The van der Waals surface area contributed by atoms with Gasteiger partial charge in [-0.1, -0.05) is 23.8 Å². The van der Waals surface area contributed by atoms with E-state index in [0.717, 1.165) is 11.3 Å². The van der Waals surface area contributed by atoms with Crippen molar-refractivity contribution in [3.63, 3.8) is 0 Å². The number of anilines is 1. The number of nitrogens with zero attached hydrogens (tertiary/aromatic N) is 2. The van der Waals surface area contributed by atoms with Crippen LogP contribution in [0.4, 0.5) is 5.95 Å². The lowest BCUT2D eigenvalue weighted by Crippen LogP contribution is -2.14. The van der Waals surface area contributed by atoms with Crippen LogP contribution >= 0.6 is 0 Å². The number of nitrogens with one attached hydrogen (secondary N) is 1. The van der Waals surface area contributed by atoms with Crippen molar-refractivity contribution in [2.45, 2.75) is 6.92 Å². The summed E-state index contributed by atoms with van der Waals surface area (Å²) in [6, 6.07) is 10.2. The highest BCUT2D eigenvalue weighted by Gasteiger charge is 2.01. The van der Waals surface area contributed by atoms with E-state index in [1.807, 2.05) is 18.2 Å². The quantitative estimate of drug-likeness (QED) is 0.838. The average Bonchev–Trinajstić information content (AvgIpc) is 2.37. The SMILES string of the molecule is Cc1cccc(-c2ccnc(NCCN)n2)c1. The third kappa shape index (κ3) is 3.01. The number of hydrogen-bond donors (Lipinski definition) is 2. The van der Waals surface area contributed by atoms with Crippen molar-refractivity contribution in [2.75, 3.05) is 18.4 Å².